The molecular weight excluding hydrogens is 289 g/mol. The Labute approximate surface area is 118 Å². The van der Waals surface area contributed by atoms with Crippen LogP contribution in [0.5, 0.6) is 6.01 Å². The summed E-state index contributed by atoms with van der Waals surface area (Å²) in [5.74, 6) is 0.429. The third-order valence-electron chi connectivity index (χ3n) is 2.29. The molecular formula is C11H13F3N6O. The van der Waals surface area contributed by atoms with E-state index in [0.29, 0.717) is 6.54 Å². The summed E-state index contributed by atoms with van der Waals surface area (Å²) in [6, 6.07) is -0.172. The van der Waals surface area contributed by atoms with E-state index >= 15 is 0 Å². The summed E-state index contributed by atoms with van der Waals surface area (Å²) in [4.78, 5) is 15.8. The lowest BCUT2D eigenvalue weighted by Gasteiger charge is -2.10. The molecule has 0 saturated heterocycles. The highest BCUT2D eigenvalue weighted by atomic mass is 19.4. The number of alkyl halides is 3. The normalized spacial score (nSPS) is 11.4. The number of ether oxygens (including phenoxy) is 1. The summed E-state index contributed by atoms with van der Waals surface area (Å²) in [5.41, 5.74) is 0. The molecule has 2 heterocycles. The summed E-state index contributed by atoms with van der Waals surface area (Å²) >= 11 is 0. The number of halogens is 3. The van der Waals surface area contributed by atoms with Crippen molar-refractivity contribution in [1.29, 1.82) is 0 Å². The third-order valence-corrected chi connectivity index (χ3v) is 2.29. The van der Waals surface area contributed by atoms with E-state index < -0.39 is 19.2 Å². The molecule has 2 rings (SSSR count). The molecule has 21 heavy (non-hydrogen) atoms. The van der Waals surface area contributed by atoms with Gasteiger partial charge < -0.3 is 10.1 Å². The lowest BCUT2D eigenvalue weighted by Crippen LogP contribution is -2.15. The number of rotatable bonds is 6. The van der Waals surface area contributed by atoms with Gasteiger partial charge in [0.15, 0.2) is 0 Å². The van der Waals surface area contributed by atoms with Gasteiger partial charge >= 0.3 is 12.2 Å². The molecule has 0 saturated carbocycles. The van der Waals surface area contributed by atoms with Crippen LogP contribution >= 0.6 is 0 Å². The molecule has 0 amide bonds. The first-order valence-electron chi connectivity index (χ1n) is 6.16. The first kappa shape index (κ1) is 15.0. The zero-order valence-corrected chi connectivity index (χ0v) is 11.1. The zero-order valence-electron chi connectivity index (χ0n) is 11.1. The Morgan fingerprint density at radius 2 is 2.10 bits per heavy atom. The minimum Gasteiger partial charge on any atom is -0.463 e. The Morgan fingerprint density at radius 1 is 1.29 bits per heavy atom. The van der Waals surface area contributed by atoms with Gasteiger partial charge in [-0.05, 0) is 6.92 Å². The number of imidazole rings is 1. The Hall–Kier alpha value is -2.39. The van der Waals surface area contributed by atoms with E-state index in [4.69, 9.17) is 4.74 Å². The summed E-state index contributed by atoms with van der Waals surface area (Å²) < 4.78 is 42.8. The molecule has 0 radical (unpaired) electrons. The number of aromatic nitrogens is 5. The Morgan fingerprint density at radius 3 is 2.71 bits per heavy atom. The van der Waals surface area contributed by atoms with Crippen molar-refractivity contribution in [2.24, 2.45) is 0 Å². The molecule has 0 atom stereocenters. The largest absolute Gasteiger partial charge is 0.463 e. The molecule has 0 aliphatic rings. The van der Waals surface area contributed by atoms with Crippen molar-refractivity contribution in [3.63, 3.8) is 0 Å². The molecule has 0 aromatic carbocycles. The summed E-state index contributed by atoms with van der Waals surface area (Å²) in [7, 11) is 0. The van der Waals surface area contributed by atoms with Crippen molar-refractivity contribution < 1.29 is 17.9 Å². The molecule has 2 aromatic rings. The van der Waals surface area contributed by atoms with Crippen LogP contribution in [0.3, 0.4) is 0 Å². The van der Waals surface area contributed by atoms with Crippen molar-refractivity contribution in [3.05, 3.63) is 18.7 Å². The molecule has 10 heteroatoms. The zero-order chi connectivity index (χ0) is 15.3. The Kier molecular flexibility index (Phi) is 4.55. The molecule has 1 N–H and O–H groups in total. The minimum absolute atomic E-state index is 0.172. The molecule has 0 fully saturated rings. The SMILES string of the molecule is CCNc1nc(OCCC(F)(F)F)nc(-n2ccnc2)n1. The molecule has 0 aliphatic heterocycles. The maximum Gasteiger partial charge on any atom is 0.392 e. The van der Waals surface area contributed by atoms with Crippen LogP contribution in [-0.2, 0) is 0 Å². The highest BCUT2D eigenvalue weighted by Gasteiger charge is 2.27. The van der Waals surface area contributed by atoms with Gasteiger partial charge in [0.1, 0.15) is 12.9 Å². The van der Waals surface area contributed by atoms with E-state index in [1.165, 1.54) is 17.1 Å². The van der Waals surface area contributed by atoms with Crippen LogP contribution in [0.1, 0.15) is 13.3 Å². The van der Waals surface area contributed by atoms with E-state index in [-0.39, 0.29) is 17.9 Å². The molecule has 2 aromatic heterocycles. The van der Waals surface area contributed by atoms with E-state index in [1.54, 1.807) is 6.20 Å². The smallest absolute Gasteiger partial charge is 0.392 e. The molecule has 0 spiro atoms. The van der Waals surface area contributed by atoms with Crippen LogP contribution < -0.4 is 10.1 Å². The fourth-order valence-electron chi connectivity index (χ4n) is 1.40. The average Bonchev–Trinajstić information content (AvgIpc) is 2.91. The summed E-state index contributed by atoms with van der Waals surface area (Å²) in [6.45, 7) is 1.84. The number of hydrogen-bond donors (Lipinski definition) is 1. The van der Waals surface area contributed by atoms with Crippen molar-refractivity contribution in [2.45, 2.75) is 19.5 Å². The topological polar surface area (TPSA) is 77.8 Å². The fraction of sp³-hybridized carbons (Fsp3) is 0.455. The van der Waals surface area contributed by atoms with Gasteiger partial charge in [-0.1, -0.05) is 0 Å². The van der Waals surface area contributed by atoms with E-state index in [9.17, 15) is 13.2 Å². The van der Waals surface area contributed by atoms with Crippen LogP contribution in [0.2, 0.25) is 0 Å². The monoisotopic (exact) mass is 302 g/mol. The van der Waals surface area contributed by atoms with Crippen LogP contribution in [0.25, 0.3) is 5.95 Å². The maximum absolute atomic E-state index is 12.1. The first-order valence-corrected chi connectivity index (χ1v) is 6.16. The standard InChI is InChI=1S/C11H13F3N6O/c1-2-16-8-17-9(20-5-4-15-7-20)19-10(18-8)21-6-3-11(12,13)14/h4-5,7H,2-3,6H2,1H3,(H,16,17,18,19). The molecule has 114 valence electrons. The minimum atomic E-state index is -4.29. The number of nitrogens with one attached hydrogen (secondary N) is 1. The van der Waals surface area contributed by atoms with Gasteiger partial charge in [-0.3, -0.25) is 4.57 Å². The second kappa shape index (κ2) is 6.37. The molecule has 0 bridgehead atoms. The summed E-state index contributed by atoms with van der Waals surface area (Å²) in [5, 5.41) is 2.86. The quantitative estimate of drug-likeness (QED) is 0.877. The number of hydrogen-bond acceptors (Lipinski definition) is 6. The van der Waals surface area contributed by atoms with Crippen LogP contribution in [0.15, 0.2) is 18.7 Å². The molecule has 0 unspecified atom stereocenters. The first-order chi connectivity index (χ1) is 9.98. The van der Waals surface area contributed by atoms with Gasteiger partial charge in [-0.25, -0.2) is 4.98 Å². The van der Waals surface area contributed by atoms with Gasteiger partial charge in [-0.2, -0.15) is 28.1 Å². The second-order valence-corrected chi connectivity index (χ2v) is 3.96. The average molecular weight is 302 g/mol. The van der Waals surface area contributed by atoms with Gasteiger partial charge in [0.2, 0.25) is 11.9 Å². The number of nitrogens with zero attached hydrogens (tertiary/aromatic N) is 5. The summed E-state index contributed by atoms with van der Waals surface area (Å²) in [6.07, 6.45) is -0.768. The van der Waals surface area contributed by atoms with Crippen molar-refractivity contribution >= 4 is 5.95 Å². The van der Waals surface area contributed by atoms with Gasteiger partial charge in [0, 0.05) is 18.9 Å². The van der Waals surface area contributed by atoms with Gasteiger partial charge in [0.05, 0.1) is 6.42 Å². The van der Waals surface area contributed by atoms with Crippen molar-refractivity contribution in [2.75, 3.05) is 18.5 Å². The third kappa shape index (κ3) is 4.58. The van der Waals surface area contributed by atoms with Gasteiger partial charge in [-0.15, -0.1) is 0 Å². The Bertz CT molecular complexity index is 572. The van der Waals surface area contributed by atoms with Crippen molar-refractivity contribution in [1.82, 2.24) is 24.5 Å². The van der Waals surface area contributed by atoms with Crippen LogP contribution in [-0.4, -0.2) is 43.8 Å². The second-order valence-electron chi connectivity index (χ2n) is 3.96. The maximum atomic E-state index is 12.1. The van der Waals surface area contributed by atoms with E-state index in [0.717, 1.165) is 0 Å². The lowest BCUT2D eigenvalue weighted by molar-refractivity contribution is -0.139. The lowest BCUT2D eigenvalue weighted by atomic mass is 10.4. The highest BCUT2D eigenvalue weighted by molar-refractivity contribution is 5.30. The van der Waals surface area contributed by atoms with E-state index in [2.05, 4.69) is 25.3 Å². The predicted octanol–water partition coefficient (Wildman–Crippen LogP) is 1.82. The number of anilines is 1. The van der Waals surface area contributed by atoms with Gasteiger partial charge in [0.25, 0.3) is 0 Å². The van der Waals surface area contributed by atoms with Crippen LogP contribution in [0, 0.1) is 0 Å². The van der Waals surface area contributed by atoms with Crippen molar-refractivity contribution in [3.8, 4) is 12.0 Å². The van der Waals surface area contributed by atoms with E-state index in [1.807, 2.05) is 6.92 Å². The predicted molar refractivity (Wildman–Crippen MR) is 67.3 cm³/mol. The fourth-order valence-corrected chi connectivity index (χ4v) is 1.40. The van der Waals surface area contributed by atoms with Crippen LogP contribution in [0.4, 0.5) is 19.1 Å². The molecule has 7 nitrogen and oxygen atoms in total. The Balaban J connectivity index is 2.16. The molecule has 0 aliphatic carbocycles. The highest BCUT2D eigenvalue weighted by Crippen LogP contribution is 2.19.